The molecule has 7 heteroatoms. The normalized spacial score (nSPS) is 10.5. The van der Waals surface area contributed by atoms with Crippen LogP contribution < -0.4 is 5.32 Å². The average Bonchev–Trinajstić information content (AvgIpc) is 3.07. The smallest absolute Gasteiger partial charge is 0.335 e. The number of carbonyl (C=O) groups is 2. The Hall–Kier alpha value is -3.12. The predicted octanol–water partition coefficient (Wildman–Crippen LogP) is 4.69. The first-order valence-electron chi connectivity index (χ1n) is 7.14. The number of nitrogens with one attached hydrogen (secondary N) is 1. The number of halogens is 2. The molecule has 0 aliphatic heterocycles. The molecule has 0 unspecified atom stereocenters. The van der Waals surface area contributed by atoms with Gasteiger partial charge in [-0.05, 0) is 54.6 Å². The van der Waals surface area contributed by atoms with E-state index in [1.807, 2.05) is 0 Å². The van der Waals surface area contributed by atoms with Crippen LogP contribution in [0, 0.1) is 5.82 Å². The van der Waals surface area contributed by atoms with Crippen LogP contribution in [0.5, 0.6) is 0 Å². The molecule has 126 valence electrons. The molecule has 0 aliphatic carbocycles. The lowest BCUT2D eigenvalue weighted by molar-refractivity contribution is 0.0696. The summed E-state index contributed by atoms with van der Waals surface area (Å²) in [4.78, 5) is 23.3. The van der Waals surface area contributed by atoms with Crippen molar-refractivity contribution in [3.8, 4) is 11.3 Å². The highest BCUT2D eigenvalue weighted by Gasteiger charge is 2.15. The minimum absolute atomic E-state index is 0.00820. The van der Waals surface area contributed by atoms with E-state index in [0.717, 1.165) is 0 Å². The van der Waals surface area contributed by atoms with Crippen molar-refractivity contribution in [1.29, 1.82) is 0 Å². The number of carboxylic acid groups (broad SMARTS) is 1. The van der Waals surface area contributed by atoms with Gasteiger partial charge in [-0.2, -0.15) is 0 Å². The second-order valence-corrected chi connectivity index (χ2v) is 5.53. The summed E-state index contributed by atoms with van der Waals surface area (Å²) in [6.07, 6.45) is 0. The van der Waals surface area contributed by atoms with Crippen LogP contribution in [0.2, 0.25) is 5.02 Å². The zero-order valence-corrected chi connectivity index (χ0v) is 13.4. The fourth-order valence-corrected chi connectivity index (χ4v) is 2.33. The largest absolute Gasteiger partial charge is 0.478 e. The molecule has 3 rings (SSSR count). The van der Waals surface area contributed by atoms with Gasteiger partial charge in [0, 0.05) is 5.56 Å². The van der Waals surface area contributed by atoms with Crippen LogP contribution in [0.15, 0.2) is 59.0 Å². The van der Waals surface area contributed by atoms with Crippen molar-refractivity contribution in [2.24, 2.45) is 0 Å². The number of carboxylic acids is 1. The van der Waals surface area contributed by atoms with Gasteiger partial charge in [-0.3, -0.25) is 4.79 Å². The van der Waals surface area contributed by atoms with E-state index < -0.39 is 11.9 Å². The maximum absolute atomic E-state index is 13.0. The minimum Gasteiger partial charge on any atom is -0.478 e. The van der Waals surface area contributed by atoms with Crippen LogP contribution in [0.3, 0.4) is 0 Å². The third kappa shape index (κ3) is 3.70. The number of rotatable bonds is 4. The molecule has 0 saturated carbocycles. The van der Waals surface area contributed by atoms with Gasteiger partial charge in [0.1, 0.15) is 11.6 Å². The van der Waals surface area contributed by atoms with Crippen LogP contribution >= 0.6 is 11.6 Å². The van der Waals surface area contributed by atoms with E-state index in [1.54, 1.807) is 6.07 Å². The van der Waals surface area contributed by atoms with E-state index in [9.17, 15) is 14.0 Å². The maximum atomic E-state index is 13.0. The Kier molecular flexibility index (Phi) is 4.54. The summed E-state index contributed by atoms with van der Waals surface area (Å²) in [5, 5.41) is 11.7. The summed E-state index contributed by atoms with van der Waals surface area (Å²) in [5.74, 6) is -1.69. The lowest BCUT2D eigenvalue weighted by Crippen LogP contribution is -2.12. The van der Waals surface area contributed by atoms with Crippen molar-refractivity contribution in [1.82, 2.24) is 0 Å². The van der Waals surface area contributed by atoms with Crippen LogP contribution in [-0.2, 0) is 0 Å². The Labute approximate surface area is 146 Å². The van der Waals surface area contributed by atoms with Crippen LogP contribution in [0.25, 0.3) is 11.3 Å². The number of aromatic carboxylic acids is 1. The van der Waals surface area contributed by atoms with Crippen LogP contribution in [0.4, 0.5) is 10.1 Å². The van der Waals surface area contributed by atoms with Gasteiger partial charge in [0.25, 0.3) is 5.91 Å². The maximum Gasteiger partial charge on any atom is 0.335 e. The molecule has 0 spiro atoms. The van der Waals surface area contributed by atoms with Crippen LogP contribution in [0.1, 0.15) is 20.9 Å². The molecule has 0 aliphatic rings. The molecule has 0 saturated heterocycles. The first-order valence-corrected chi connectivity index (χ1v) is 7.52. The van der Waals surface area contributed by atoms with Gasteiger partial charge >= 0.3 is 5.97 Å². The monoisotopic (exact) mass is 359 g/mol. The van der Waals surface area contributed by atoms with Crippen LogP contribution in [-0.4, -0.2) is 17.0 Å². The number of benzene rings is 2. The van der Waals surface area contributed by atoms with Gasteiger partial charge in [0.05, 0.1) is 16.3 Å². The van der Waals surface area contributed by atoms with Crippen molar-refractivity contribution in [3.63, 3.8) is 0 Å². The first kappa shape index (κ1) is 16.7. The summed E-state index contributed by atoms with van der Waals surface area (Å²) >= 11 is 5.97. The van der Waals surface area contributed by atoms with E-state index in [0.29, 0.717) is 11.3 Å². The topological polar surface area (TPSA) is 79.5 Å². The number of carbonyl (C=O) groups excluding carboxylic acids is 1. The summed E-state index contributed by atoms with van der Waals surface area (Å²) in [5.41, 5.74) is 0.767. The van der Waals surface area contributed by atoms with E-state index in [-0.39, 0.29) is 27.9 Å². The highest BCUT2D eigenvalue weighted by atomic mass is 35.5. The van der Waals surface area contributed by atoms with E-state index in [2.05, 4.69) is 5.32 Å². The number of anilines is 1. The van der Waals surface area contributed by atoms with Gasteiger partial charge in [-0.15, -0.1) is 0 Å². The molecule has 0 atom stereocenters. The molecule has 5 nitrogen and oxygen atoms in total. The Bertz CT molecular complexity index is 950. The molecule has 1 amide bonds. The molecule has 0 fully saturated rings. The summed E-state index contributed by atoms with van der Waals surface area (Å²) < 4.78 is 18.4. The van der Waals surface area contributed by atoms with Crippen molar-refractivity contribution >= 4 is 29.2 Å². The summed E-state index contributed by atoms with van der Waals surface area (Å²) in [7, 11) is 0. The number of hydrogen-bond acceptors (Lipinski definition) is 3. The van der Waals surface area contributed by atoms with Crippen molar-refractivity contribution in [2.75, 3.05) is 5.32 Å². The molecular formula is C18H11ClFNO4. The molecule has 0 bridgehead atoms. The third-order valence-electron chi connectivity index (χ3n) is 3.42. The molecule has 3 aromatic rings. The van der Waals surface area contributed by atoms with Gasteiger partial charge in [0.2, 0.25) is 0 Å². The standard InChI is InChI=1S/C18H11ClFNO4/c19-13-6-3-11(18(23)24)9-14(13)21-17(22)16-8-7-15(25-16)10-1-4-12(20)5-2-10/h1-9H,(H,21,22)(H,23,24). The molecule has 2 N–H and O–H groups in total. The highest BCUT2D eigenvalue weighted by molar-refractivity contribution is 6.34. The number of amides is 1. The van der Waals surface area contributed by atoms with Gasteiger partial charge in [0.15, 0.2) is 5.76 Å². The second-order valence-electron chi connectivity index (χ2n) is 5.12. The lowest BCUT2D eigenvalue weighted by atomic mass is 10.2. The fourth-order valence-electron chi connectivity index (χ4n) is 2.17. The van der Waals surface area contributed by atoms with Crippen molar-refractivity contribution in [3.05, 3.63) is 76.8 Å². The Morgan fingerprint density at radius 3 is 2.44 bits per heavy atom. The van der Waals surface area contributed by atoms with E-state index in [1.165, 1.54) is 48.5 Å². The molecule has 0 radical (unpaired) electrons. The highest BCUT2D eigenvalue weighted by Crippen LogP contribution is 2.26. The van der Waals surface area contributed by atoms with E-state index >= 15 is 0 Å². The summed E-state index contributed by atoms with van der Waals surface area (Å²) in [6, 6.07) is 12.6. The fraction of sp³-hybridized carbons (Fsp3) is 0. The average molecular weight is 360 g/mol. The van der Waals surface area contributed by atoms with Crippen molar-refractivity contribution < 1.29 is 23.5 Å². The Balaban J connectivity index is 1.82. The molecule has 2 aromatic carbocycles. The zero-order valence-electron chi connectivity index (χ0n) is 12.6. The first-order chi connectivity index (χ1) is 11.9. The number of hydrogen-bond donors (Lipinski definition) is 2. The molecule has 1 heterocycles. The Morgan fingerprint density at radius 1 is 1.04 bits per heavy atom. The molecule has 25 heavy (non-hydrogen) atoms. The third-order valence-corrected chi connectivity index (χ3v) is 3.75. The lowest BCUT2D eigenvalue weighted by Gasteiger charge is -2.07. The quantitative estimate of drug-likeness (QED) is 0.708. The summed E-state index contributed by atoms with van der Waals surface area (Å²) in [6.45, 7) is 0. The van der Waals surface area contributed by atoms with Gasteiger partial charge < -0.3 is 14.8 Å². The predicted molar refractivity (Wildman–Crippen MR) is 90.5 cm³/mol. The molecular weight excluding hydrogens is 349 g/mol. The van der Waals surface area contributed by atoms with Gasteiger partial charge in [-0.1, -0.05) is 11.6 Å². The molecule has 1 aromatic heterocycles. The zero-order chi connectivity index (χ0) is 18.0. The van der Waals surface area contributed by atoms with Gasteiger partial charge in [-0.25, -0.2) is 9.18 Å². The van der Waals surface area contributed by atoms with Crippen molar-refractivity contribution in [2.45, 2.75) is 0 Å². The Morgan fingerprint density at radius 2 is 1.76 bits per heavy atom. The minimum atomic E-state index is -1.14. The van der Waals surface area contributed by atoms with E-state index in [4.69, 9.17) is 21.1 Å². The number of furan rings is 1. The second kappa shape index (κ2) is 6.78. The SMILES string of the molecule is O=C(O)c1ccc(Cl)c(NC(=O)c2ccc(-c3ccc(F)cc3)o2)c1.